The molecule has 0 saturated heterocycles. The molecule has 0 aromatic heterocycles. The average Bonchev–Trinajstić information content (AvgIpc) is 2.05. The Morgan fingerprint density at radius 2 is 1.90 bits per heavy atom. The normalized spacial score (nSPS) is 8.90. The van der Waals surface area contributed by atoms with Crippen LogP contribution >= 0.6 is 16.1 Å². The van der Waals surface area contributed by atoms with E-state index in [1.54, 1.807) is 24.3 Å². The lowest BCUT2D eigenvalue weighted by molar-refractivity contribution is 0.0983. The fourth-order valence-corrected chi connectivity index (χ4v) is 0.834. The molecule has 0 bridgehead atoms. The summed E-state index contributed by atoms with van der Waals surface area (Å²) in [5, 5.41) is 0. The van der Waals surface area contributed by atoms with E-state index in [0.29, 0.717) is 5.56 Å². The third kappa shape index (κ3) is 1.57. The maximum absolute atomic E-state index is 10.8. The van der Waals surface area contributed by atoms with Gasteiger partial charge in [0, 0.05) is 5.56 Å². The van der Waals surface area contributed by atoms with Crippen LogP contribution in [0.3, 0.4) is 0 Å². The van der Waals surface area contributed by atoms with Gasteiger partial charge in [0.1, 0.15) is 0 Å². The number of carbonyl (C=O) groups excluding carboxylic acids is 1. The lowest BCUT2D eigenvalue weighted by Gasteiger charge is -1.91. The van der Waals surface area contributed by atoms with Crippen LogP contribution < -0.4 is 4.34 Å². The second-order valence-corrected chi connectivity index (χ2v) is 2.11. The van der Waals surface area contributed by atoms with Gasteiger partial charge in [-0.05, 0) is 12.1 Å². The molecule has 1 amide bonds. The molecule has 1 aromatic rings. The maximum Gasteiger partial charge on any atom is 0.283 e. The zero-order valence-electron chi connectivity index (χ0n) is 5.12. The van der Waals surface area contributed by atoms with Crippen LogP contribution in [-0.2, 0) is 0 Å². The molecule has 0 aliphatic heterocycles. The molecule has 0 aliphatic rings. The van der Waals surface area contributed by atoms with Crippen LogP contribution in [0, 0.1) is 0 Å². The molecule has 0 unspecified atom stereocenters. The minimum atomic E-state index is -0.249. The first-order chi connectivity index (χ1) is 4.84. The van der Waals surface area contributed by atoms with Crippen molar-refractivity contribution in [3.05, 3.63) is 35.9 Å². The highest BCUT2D eigenvalue weighted by molar-refractivity contribution is 9.08. The summed E-state index contributed by atoms with van der Waals surface area (Å²) < 4.78 is 3.33. The summed E-state index contributed by atoms with van der Waals surface area (Å²) in [5.41, 5.74) is 0.597. The van der Waals surface area contributed by atoms with Gasteiger partial charge in [0.05, 0.1) is 16.1 Å². The fraction of sp³-hybridized carbons (Fsp3) is 0. The van der Waals surface area contributed by atoms with Crippen molar-refractivity contribution in [3.8, 4) is 0 Å². The molecule has 0 spiro atoms. The van der Waals surface area contributed by atoms with E-state index in [-0.39, 0.29) is 5.91 Å². The van der Waals surface area contributed by atoms with Gasteiger partial charge in [0.25, 0.3) is 5.91 Å². The molecule has 0 heterocycles. The summed E-state index contributed by atoms with van der Waals surface area (Å²) in [4.78, 5) is 10.8. The molecular weight excluding hydrogens is 194 g/mol. The smallest absolute Gasteiger partial charge is 0.266 e. The van der Waals surface area contributed by atoms with E-state index in [2.05, 4.69) is 20.5 Å². The Balaban J connectivity index is 2.85. The Morgan fingerprint density at radius 1 is 1.30 bits per heavy atom. The molecular formula is C7H5BrNO. The zero-order chi connectivity index (χ0) is 7.40. The molecule has 51 valence electrons. The van der Waals surface area contributed by atoms with E-state index in [1.165, 1.54) is 0 Å². The van der Waals surface area contributed by atoms with Crippen LogP contribution in [-0.4, -0.2) is 5.91 Å². The number of carbonyl (C=O) groups is 1. The van der Waals surface area contributed by atoms with Crippen LogP contribution in [0.5, 0.6) is 0 Å². The van der Waals surface area contributed by atoms with Crippen LogP contribution in [0.25, 0.3) is 0 Å². The first-order valence-electron chi connectivity index (χ1n) is 2.76. The predicted molar refractivity (Wildman–Crippen MR) is 41.8 cm³/mol. The van der Waals surface area contributed by atoms with E-state index >= 15 is 0 Å². The minimum absolute atomic E-state index is 0.249. The van der Waals surface area contributed by atoms with Crippen LogP contribution in [0.2, 0.25) is 0 Å². The fourth-order valence-electron chi connectivity index (χ4n) is 0.630. The summed E-state index contributed by atoms with van der Waals surface area (Å²) >= 11 is 2.73. The van der Waals surface area contributed by atoms with Crippen molar-refractivity contribution in [2.75, 3.05) is 0 Å². The third-order valence-electron chi connectivity index (χ3n) is 1.10. The quantitative estimate of drug-likeness (QED) is 0.677. The van der Waals surface area contributed by atoms with E-state index < -0.39 is 0 Å². The topological polar surface area (TPSA) is 31.2 Å². The number of rotatable bonds is 1. The van der Waals surface area contributed by atoms with Crippen molar-refractivity contribution in [1.82, 2.24) is 4.34 Å². The van der Waals surface area contributed by atoms with Crippen molar-refractivity contribution < 1.29 is 4.79 Å². The van der Waals surface area contributed by atoms with Crippen molar-refractivity contribution >= 4 is 22.1 Å². The van der Waals surface area contributed by atoms with E-state index in [1.807, 2.05) is 6.07 Å². The number of nitrogens with zero attached hydrogens (tertiary/aromatic N) is 1. The molecule has 0 N–H and O–H groups in total. The molecule has 0 saturated carbocycles. The molecule has 1 radical (unpaired) electrons. The maximum atomic E-state index is 10.8. The first kappa shape index (κ1) is 7.28. The molecule has 0 atom stereocenters. The van der Waals surface area contributed by atoms with E-state index in [4.69, 9.17) is 0 Å². The third-order valence-corrected chi connectivity index (χ3v) is 1.42. The summed E-state index contributed by atoms with van der Waals surface area (Å²) in [6, 6.07) is 8.88. The van der Waals surface area contributed by atoms with Gasteiger partial charge in [-0.1, -0.05) is 18.2 Å². The first-order valence-corrected chi connectivity index (χ1v) is 3.47. The number of benzene rings is 1. The monoisotopic (exact) mass is 198 g/mol. The van der Waals surface area contributed by atoms with Gasteiger partial charge in [-0.3, -0.25) is 4.79 Å². The van der Waals surface area contributed by atoms with Gasteiger partial charge in [-0.2, -0.15) is 4.34 Å². The Kier molecular flexibility index (Phi) is 2.45. The van der Waals surface area contributed by atoms with E-state index in [9.17, 15) is 4.79 Å². The van der Waals surface area contributed by atoms with Crippen LogP contribution in [0.15, 0.2) is 30.3 Å². The van der Waals surface area contributed by atoms with Gasteiger partial charge in [0.2, 0.25) is 0 Å². The molecule has 2 nitrogen and oxygen atoms in total. The zero-order valence-corrected chi connectivity index (χ0v) is 6.71. The molecule has 1 rings (SSSR count). The molecule has 3 heteroatoms. The van der Waals surface area contributed by atoms with Gasteiger partial charge in [-0.15, -0.1) is 0 Å². The Bertz CT molecular complexity index is 222. The number of amides is 1. The van der Waals surface area contributed by atoms with E-state index in [0.717, 1.165) is 0 Å². The standard InChI is InChI=1S/C7H5BrNO/c8-9-7(10)6-4-2-1-3-5-6/h1-5H. The molecule has 1 aromatic carbocycles. The van der Waals surface area contributed by atoms with Crippen molar-refractivity contribution in [2.24, 2.45) is 0 Å². The number of halogens is 1. The minimum Gasteiger partial charge on any atom is -0.266 e. The Morgan fingerprint density at radius 3 is 2.40 bits per heavy atom. The lowest BCUT2D eigenvalue weighted by atomic mass is 10.2. The predicted octanol–water partition coefficient (Wildman–Crippen LogP) is 1.74. The van der Waals surface area contributed by atoms with Crippen LogP contribution in [0.1, 0.15) is 10.4 Å². The number of hydrogen-bond donors (Lipinski definition) is 0. The highest BCUT2D eigenvalue weighted by atomic mass is 79.9. The summed E-state index contributed by atoms with van der Waals surface area (Å²) in [6.45, 7) is 0. The molecule has 0 aliphatic carbocycles. The SMILES string of the molecule is O=C([N]Br)c1ccccc1. The van der Waals surface area contributed by atoms with Gasteiger partial charge >= 0.3 is 0 Å². The van der Waals surface area contributed by atoms with Crippen molar-refractivity contribution in [1.29, 1.82) is 0 Å². The lowest BCUT2D eigenvalue weighted by Crippen LogP contribution is -2.04. The number of hydrogen-bond acceptors (Lipinski definition) is 1. The van der Waals surface area contributed by atoms with Crippen molar-refractivity contribution in [2.45, 2.75) is 0 Å². The Hall–Kier alpha value is -0.830. The highest BCUT2D eigenvalue weighted by Gasteiger charge is 2.01. The highest BCUT2D eigenvalue weighted by Crippen LogP contribution is 1.98. The second-order valence-electron chi connectivity index (χ2n) is 1.76. The summed E-state index contributed by atoms with van der Waals surface area (Å²) in [5.74, 6) is -0.249. The van der Waals surface area contributed by atoms with Crippen molar-refractivity contribution in [3.63, 3.8) is 0 Å². The second kappa shape index (κ2) is 3.37. The average molecular weight is 199 g/mol. The Labute approximate surface area is 67.6 Å². The van der Waals surface area contributed by atoms with Gasteiger partial charge in [0.15, 0.2) is 0 Å². The van der Waals surface area contributed by atoms with Gasteiger partial charge in [-0.25, -0.2) is 0 Å². The summed E-state index contributed by atoms with van der Waals surface area (Å²) in [7, 11) is 0. The molecule has 0 fully saturated rings. The summed E-state index contributed by atoms with van der Waals surface area (Å²) in [6.07, 6.45) is 0. The van der Waals surface area contributed by atoms with Gasteiger partial charge < -0.3 is 0 Å². The largest absolute Gasteiger partial charge is 0.283 e. The molecule has 10 heavy (non-hydrogen) atoms. The van der Waals surface area contributed by atoms with Crippen LogP contribution in [0.4, 0.5) is 0 Å².